The summed E-state index contributed by atoms with van der Waals surface area (Å²) in [4.78, 5) is 17.4. The molecule has 0 radical (unpaired) electrons. The zero-order chi connectivity index (χ0) is 18.7. The molecule has 0 fully saturated rings. The monoisotopic (exact) mass is 454 g/mol. The lowest BCUT2D eigenvalue weighted by molar-refractivity contribution is -0.118. The van der Waals surface area contributed by atoms with E-state index in [4.69, 9.17) is 16.3 Å². The van der Waals surface area contributed by atoms with E-state index in [1.807, 2.05) is 6.92 Å². The average Bonchev–Trinajstić information content (AvgIpc) is 2.95. The van der Waals surface area contributed by atoms with Crippen molar-refractivity contribution in [3.8, 4) is 17.0 Å². The van der Waals surface area contributed by atoms with Gasteiger partial charge in [-0.25, -0.2) is 9.37 Å². The number of ether oxygens (including phenoxy) is 1. The van der Waals surface area contributed by atoms with E-state index in [0.717, 1.165) is 10.4 Å². The van der Waals surface area contributed by atoms with Crippen LogP contribution in [0, 0.1) is 12.7 Å². The van der Waals surface area contributed by atoms with Crippen molar-refractivity contribution in [2.45, 2.75) is 6.92 Å². The maximum Gasteiger partial charge on any atom is 0.264 e. The summed E-state index contributed by atoms with van der Waals surface area (Å²) in [7, 11) is 0. The van der Waals surface area contributed by atoms with E-state index in [1.165, 1.54) is 23.5 Å². The summed E-state index contributed by atoms with van der Waals surface area (Å²) in [6.07, 6.45) is 0. The fourth-order valence-electron chi connectivity index (χ4n) is 2.22. The second kappa shape index (κ2) is 8.16. The van der Waals surface area contributed by atoms with Crippen molar-refractivity contribution in [3.05, 3.63) is 62.7 Å². The van der Waals surface area contributed by atoms with Crippen molar-refractivity contribution in [1.82, 2.24) is 4.98 Å². The zero-order valence-electron chi connectivity index (χ0n) is 13.6. The molecule has 0 spiro atoms. The first-order valence-corrected chi connectivity index (χ1v) is 9.52. The van der Waals surface area contributed by atoms with Gasteiger partial charge >= 0.3 is 0 Å². The van der Waals surface area contributed by atoms with Crippen LogP contribution in [-0.4, -0.2) is 17.5 Å². The first kappa shape index (κ1) is 18.8. The minimum atomic E-state index is -0.328. The van der Waals surface area contributed by atoms with Crippen LogP contribution < -0.4 is 10.1 Å². The van der Waals surface area contributed by atoms with E-state index in [9.17, 15) is 9.18 Å². The number of nitrogens with one attached hydrogen (secondary N) is 1. The largest absolute Gasteiger partial charge is 0.483 e. The van der Waals surface area contributed by atoms with Crippen LogP contribution in [0.15, 0.2) is 46.9 Å². The summed E-state index contributed by atoms with van der Waals surface area (Å²) in [6.45, 7) is 1.73. The quantitative estimate of drug-likeness (QED) is 0.537. The van der Waals surface area contributed by atoms with Crippen LogP contribution in [0.25, 0.3) is 11.3 Å². The van der Waals surface area contributed by atoms with Crippen molar-refractivity contribution in [2.75, 3.05) is 11.9 Å². The minimum Gasteiger partial charge on any atom is -0.483 e. The second-order valence-corrected chi connectivity index (χ2v) is 7.84. The van der Waals surface area contributed by atoms with E-state index in [-0.39, 0.29) is 18.3 Å². The number of carbonyl (C=O) groups excluding carboxylic acids is 1. The Kier molecular flexibility index (Phi) is 5.90. The molecule has 0 bridgehead atoms. The SMILES string of the molecule is Cc1sc(NC(=O)COc2ccc(Cl)cc2Br)nc1-c1ccc(F)cc1. The molecule has 2 aromatic carbocycles. The van der Waals surface area contributed by atoms with E-state index >= 15 is 0 Å². The first-order valence-electron chi connectivity index (χ1n) is 7.53. The molecule has 3 aromatic rings. The number of rotatable bonds is 5. The van der Waals surface area contributed by atoms with Crippen LogP contribution in [-0.2, 0) is 4.79 Å². The predicted molar refractivity (Wildman–Crippen MR) is 106 cm³/mol. The Morgan fingerprint density at radius 1 is 1.31 bits per heavy atom. The van der Waals surface area contributed by atoms with Crippen LogP contribution in [0.5, 0.6) is 5.75 Å². The third kappa shape index (κ3) is 4.60. The highest BCUT2D eigenvalue weighted by molar-refractivity contribution is 9.10. The number of aromatic nitrogens is 1. The summed E-state index contributed by atoms with van der Waals surface area (Å²) < 4.78 is 19.2. The molecule has 8 heteroatoms. The molecule has 0 saturated carbocycles. The normalized spacial score (nSPS) is 10.6. The number of amides is 1. The maximum absolute atomic E-state index is 13.1. The van der Waals surface area contributed by atoms with Gasteiger partial charge in [0.1, 0.15) is 11.6 Å². The number of hydrogen-bond donors (Lipinski definition) is 1. The summed E-state index contributed by atoms with van der Waals surface area (Å²) in [5.41, 5.74) is 1.51. The van der Waals surface area contributed by atoms with Crippen molar-refractivity contribution in [2.24, 2.45) is 0 Å². The molecule has 0 aliphatic heterocycles. The van der Waals surface area contributed by atoms with Crippen LogP contribution in [0.3, 0.4) is 0 Å². The molecule has 1 aromatic heterocycles. The molecule has 1 N–H and O–H groups in total. The van der Waals surface area contributed by atoms with Crippen molar-refractivity contribution in [3.63, 3.8) is 0 Å². The molecule has 3 rings (SSSR count). The molecule has 0 atom stereocenters. The van der Waals surface area contributed by atoms with E-state index in [0.29, 0.717) is 26.1 Å². The number of nitrogens with zero attached hydrogens (tertiary/aromatic N) is 1. The fraction of sp³-hybridized carbons (Fsp3) is 0.111. The summed E-state index contributed by atoms with van der Waals surface area (Å²) in [5.74, 6) is -0.112. The fourth-order valence-corrected chi connectivity index (χ4v) is 3.87. The molecule has 134 valence electrons. The smallest absolute Gasteiger partial charge is 0.264 e. The Morgan fingerprint density at radius 3 is 2.73 bits per heavy atom. The molecule has 1 heterocycles. The van der Waals surface area contributed by atoms with Crippen LogP contribution in [0.1, 0.15) is 4.88 Å². The molecular formula is C18H13BrClFN2O2S. The third-order valence-electron chi connectivity index (χ3n) is 3.41. The topological polar surface area (TPSA) is 51.2 Å². The van der Waals surface area contributed by atoms with Crippen LogP contribution >= 0.6 is 38.9 Å². The van der Waals surface area contributed by atoms with E-state index in [1.54, 1.807) is 30.3 Å². The lowest BCUT2D eigenvalue weighted by Gasteiger charge is -2.07. The van der Waals surface area contributed by atoms with E-state index < -0.39 is 0 Å². The molecule has 0 saturated heterocycles. The predicted octanol–water partition coefficient (Wildman–Crippen LogP) is 5.69. The Morgan fingerprint density at radius 2 is 2.04 bits per heavy atom. The lowest BCUT2D eigenvalue weighted by atomic mass is 10.1. The highest BCUT2D eigenvalue weighted by Crippen LogP contribution is 2.31. The Bertz CT molecular complexity index is 947. The summed E-state index contributed by atoms with van der Waals surface area (Å²) in [5, 5.41) is 3.75. The van der Waals surface area contributed by atoms with Crippen molar-refractivity contribution < 1.29 is 13.9 Å². The van der Waals surface area contributed by atoms with Gasteiger partial charge in [-0.3, -0.25) is 10.1 Å². The minimum absolute atomic E-state index is 0.162. The average molecular weight is 456 g/mol. The first-order chi connectivity index (χ1) is 12.4. The molecule has 0 aliphatic carbocycles. The third-order valence-corrected chi connectivity index (χ3v) is 5.15. The molecule has 26 heavy (non-hydrogen) atoms. The van der Waals surface area contributed by atoms with Gasteiger partial charge in [-0.2, -0.15) is 0 Å². The Labute approximate surface area is 167 Å². The number of carbonyl (C=O) groups is 1. The van der Waals surface area contributed by atoms with Gasteiger partial charge in [-0.15, -0.1) is 11.3 Å². The molecule has 4 nitrogen and oxygen atoms in total. The number of anilines is 1. The van der Waals surface area contributed by atoms with Gasteiger partial charge < -0.3 is 4.74 Å². The van der Waals surface area contributed by atoms with Crippen LogP contribution in [0.4, 0.5) is 9.52 Å². The lowest BCUT2D eigenvalue weighted by Crippen LogP contribution is -2.20. The van der Waals surface area contributed by atoms with Gasteiger partial charge in [-0.05, 0) is 65.3 Å². The van der Waals surface area contributed by atoms with Crippen molar-refractivity contribution in [1.29, 1.82) is 0 Å². The molecular weight excluding hydrogens is 443 g/mol. The maximum atomic E-state index is 13.1. The highest BCUT2D eigenvalue weighted by atomic mass is 79.9. The molecule has 1 amide bonds. The van der Waals surface area contributed by atoms with Crippen LogP contribution in [0.2, 0.25) is 5.02 Å². The van der Waals surface area contributed by atoms with Gasteiger partial charge in [0.2, 0.25) is 0 Å². The van der Waals surface area contributed by atoms with Gasteiger partial charge in [0.05, 0.1) is 10.2 Å². The standard InChI is InChI=1S/C18H13BrClFN2O2S/c1-10-17(11-2-5-13(21)6-3-11)23-18(26-10)22-16(24)9-25-15-7-4-12(20)8-14(15)19/h2-8H,9H2,1H3,(H,22,23,24). The summed E-state index contributed by atoms with van der Waals surface area (Å²) in [6, 6.07) is 11.1. The zero-order valence-corrected chi connectivity index (χ0v) is 16.7. The number of hydrogen-bond acceptors (Lipinski definition) is 4. The number of halogens is 3. The molecule has 0 aliphatic rings. The molecule has 0 unspecified atom stereocenters. The van der Waals surface area contributed by atoms with E-state index in [2.05, 4.69) is 26.2 Å². The van der Waals surface area contributed by atoms with Crippen molar-refractivity contribution >= 4 is 49.9 Å². The van der Waals surface area contributed by atoms with Gasteiger partial charge in [-0.1, -0.05) is 11.6 Å². The summed E-state index contributed by atoms with van der Waals surface area (Å²) >= 11 is 10.5. The van der Waals surface area contributed by atoms with Gasteiger partial charge in [0, 0.05) is 15.5 Å². The number of aryl methyl sites for hydroxylation is 1. The Balaban J connectivity index is 1.64. The Hall–Kier alpha value is -1.96. The van der Waals surface area contributed by atoms with Gasteiger partial charge in [0.25, 0.3) is 5.91 Å². The number of thiazole rings is 1. The second-order valence-electron chi connectivity index (χ2n) is 5.34. The van der Waals surface area contributed by atoms with Gasteiger partial charge in [0.15, 0.2) is 11.7 Å². The number of benzene rings is 2. The highest BCUT2D eigenvalue weighted by Gasteiger charge is 2.13.